The Kier molecular flexibility index (Phi) is 7.79. The molecule has 0 atom stereocenters. The maximum absolute atomic E-state index is 12.5. The number of rotatable bonds is 7. The first kappa shape index (κ1) is 22.2. The summed E-state index contributed by atoms with van der Waals surface area (Å²) in [6.45, 7) is 8.53. The number of piperidine rings is 1. The number of amides is 1. The maximum atomic E-state index is 12.5. The quantitative estimate of drug-likeness (QED) is 0.480. The molecular weight excluding hydrogens is 404 g/mol. The lowest BCUT2D eigenvalue weighted by atomic mass is 9.97. The van der Waals surface area contributed by atoms with E-state index in [9.17, 15) is 9.59 Å². The van der Waals surface area contributed by atoms with Crippen LogP contribution in [0.1, 0.15) is 39.2 Å². The van der Waals surface area contributed by atoms with E-state index in [1.54, 1.807) is 0 Å². The van der Waals surface area contributed by atoms with Gasteiger partial charge in [0.2, 0.25) is 0 Å². The Labute approximate surface area is 181 Å². The topological polar surface area (TPSA) is 77.4 Å². The molecule has 0 spiro atoms. The average molecular weight is 433 g/mol. The summed E-state index contributed by atoms with van der Waals surface area (Å²) in [6, 6.07) is 5.59. The van der Waals surface area contributed by atoms with Crippen LogP contribution in [-0.2, 0) is 14.3 Å². The predicted molar refractivity (Wildman–Crippen MR) is 118 cm³/mol. The van der Waals surface area contributed by atoms with Crippen LogP contribution in [-0.4, -0.2) is 54.9 Å². The fourth-order valence-corrected chi connectivity index (χ4v) is 4.37. The van der Waals surface area contributed by atoms with Crippen LogP contribution in [0.5, 0.6) is 11.5 Å². The standard InChI is InChI=1S/C22H28N2O5S/c1-4-27-17-8-7-16(18(14-17)28-5-2)13-19-20(25)23-22(30-19)24-11-9-15(10-12-24)21(26)29-6-3/h7-8,13-15H,4-6,9-12H2,1-3H3/b19-13-. The summed E-state index contributed by atoms with van der Waals surface area (Å²) in [5, 5.41) is 0.692. The van der Waals surface area contributed by atoms with Crippen LogP contribution < -0.4 is 9.47 Å². The maximum Gasteiger partial charge on any atom is 0.309 e. The molecule has 1 aromatic carbocycles. The van der Waals surface area contributed by atoms with Crippen molar-refractivity contribution in [3.63, 3.8) is 0 Å². The van der Waals surface area contributed by atoms with E-state index < -0.39 is 0 Å². The Bertz CT molecular complexity index is 844. The number of aliphatic imine (C=N–C) groups is 1. The van der Waals surface area contributed by atoms with E-state index >= 15 is 0 Å². The van der Waals surface area contributed by atoms with Crippen molar-refractivity contribution < 1.29 is 23.8 Å². The summed E-state index contributed by atoms with van der Waals surface area (Å²) in [5.74, 6) is 0.951. The van der Waals surface area contributed by atoms with Crippen LogP contribution in [0.2, 0.25) is 0 Å². The average Bonchev–Trinajstić information content (AvgIpc) is 3.11. The number of thioether (sulfide) groups is 1. The van der Waals surface area contributed by atoms with Gasteiger partial charge < -0.3 is 19.1 Å². The highest BCUT2D eigenvalue weighted by atomic mass is 32.2. The molecule has 0 N–H and O–H groups in total. The first-order valence-corrected chi connectivity index (χ1v) is 11.2. The SMILES string of the molecule is CCOC(=O)C1CCN(C2=NC(=O)/C(=C/c3ccc(OCC)cc3OCC)S2)CC1. The van der Waals surface area contributed by atoms with Crippen molar-refractivity contribution in [2.75, 3.05) is 32.9 Å². The van der Waals surface area contributed by atoms with Gasteiger partial charge in [0.05, 0.1) is 30.6 Å². The molecule has 0 aliphatic carbocycles. The van der Waals surface area contributed by atoms with E-state index in [1.807, 2.05) is 45.0 Å². The summed E-state index contributed by atoms with van der Waals surface area (Å²) in [7, 11) is 0. The molecular formula is C22H28N2O5S. The summed E-state index contributed by atoms with van der Waals surface area (Å²) in [4.78, 5) is 31.3. The molecule has 162 valence electrons. The van der Waals surface area contributed by atoms with Crippen LogP contribution in [0.15, 0.2) is 28.1 Å². The molecule has 2 aliphatic rings. The lowest BCUT2D eigenvalue weighted by molar-refractivity contribution is -0.149. The van der Waals surface area contributed by atoms with Gasteiger partial charge in [-0.3, -0.25) is 9.59 Å². The molecule has 0 aromatic heterocycles. The third-order valence-electron chi connectivity index (χ3n) is 4.88. The number of carbonyl (C=O) groups is 2. The minimum atomic E-state index is -0.251. The molecule has 1 amide bonds. The van der Waals surface area contributed by atoms with Gasteiger partial charge in [0.25, 0.3) is 5.91 Å². The molecule has 7 nitrogen and oxygen atoms in total. The van der Waals surface area contributed by atoms with Crippen LogP contribution in [0.25, 0.3) is 6.08 Å². The molecule has 8 heteroatoms. The third kappa shape index (κ3) is 5.36. The molecule has 1 fully saturated rings. The van der Waals surface area contributed by atoms with Gasteiger partial charge in [-0.15, -0.1) is 0 Å². The highest BCUT2D eigenvalue weighted by Gasteiger charge is 2.31. The minimum absolute atomic E-state index is 0.0727. The number of amidine groups is 1. The van der Waals surface area contributed by atoms with E-state index in [-0.39, 0.29) is 17.8 Å². The lowest BCUT2D eigenvalue weighted by Gasteiger charge is -2.31. The number of carbonyl (C=O) groups excluding carboxylic acids is 2. The van der Waals surface area contributed by atoms with Gasteiger partial charge >= 0.3 is 5.97 Å². The van der Waals surface area contributed by atoms with E-state index in [2.05, 4.69) is 9.89 Å². The third-order valence-corrected chi connectivity index (χ3v) is 5.92. The predicted octanol–water partition coefficient (Wildman–Crippen LogP) is 3.73. The van der Waals surface area contributed by atoms with E-state index in [4.69, 9.17) is 14.2 Å². The number of nitrogens with zero attached hydrogens (tertiary/aromatic N) is 2. The van der Waals surface area contributed by atoms with Gasteiger partial charge in [-0.25, -0.2) is 0 Å². The van der Waals surface area contributed by atoms with Gasteiger partial charge in [-0.05, 0) is 63.6 Å². The number of likely N-dealkylation sites (tertiary alicyclic amines) is 1. The van der Waals surface area contributed by atoms with Crippen molar-refractivity contribution in [1.82, 2.24) is 4.90 Å². The molecule has 1 aromatic rings. The Balaban J connectivity index is 1.67. The Morgan fingerprint density at radius 1 is 1.17 bits per heavy atom. The van der Waals surface area contributed by atoms with Crippen molar-refractivity contribution in [2.45, 2.75) is 33.6 Å². The second-order valence-electron chi connectivity index (χ2n) is 6.89. The van der Waals surface area contributed by atoms with Crippen molar-refractivity contribution in [2.24, 2.45) is 10.9 Å². The Hall–Kier alpha value is -2.48. The minimum Gasteiger partial charge on any atom is -0.494 e. The zero-order valence-corrected chi connectivity index (χ0v) is 18.5. The van der Waals surface area contributed by atoms with Gasteiger partial charge in [0.1, 0.15) is 11.5 Å². The second-order valence-corrected chi connectivity index (χ2v) is 7.90. The Morgan fingerprint density at radius 2 is 1.90 bits per heavy atom. The summed E-state index contributed by atoms with van der Waals surface area (Å²) in [5.41, 5.74) is 0.814. The Morgan fingerprint density at radius 3 is 2.57 bits per heavy atom. The fraction of sp³-hybridized carbons (Fsp3) is 0.500. The van der Waals surface area contributed by atoms with Crippen LogP contribution in [0.3, 0.4) is 0 Å². The van der Waals surface area contributed by atoms with Gasteiger partial charge in [0, 0.05) is 24.7 Å². The first-order chi connectivity index (χ1) is 14.5. The van der Waals surface area contributed by atoms with Crippen molar-refractivity contribution in [3.05, 3.63) is 28.7 Å². The smallest absolute Gasteiger partial charge is 0.309 e. The lowest BCUT2D eigenvalue weighted by Crippen LogP contribution is -2.39. The van der Waals surface area contributed by atoms with Crippen LogP contribution in [0.4, 0.5) is 0 Å². The van der Waals surface area contributed by atoms with Crippen molar-refractivity contribution in [1.29, 1.82) is 0 Å². The zero-order valence-electron chi connectivity index (χ0n) is 17.7. The highest BCUT2D eigenvalue weighted by Crippen LogP contribution is 2.35. The van der Waals surface area contributed by atoms with E-state index in [0.717, 1.165) is 11.3 Å². The molecule has 2 heterocycles. The molecule has 2 aliphatic heterocycles. The number of hydrogen-bond donors (Lipinski definition) is 0. The number of benzene rings is 1. The second kappa shape index (κ2) is 10.5. The molecule has 0 saturated carbocycles. The molecule has 0 radical (unpaired) electrons. The summed E-state index contributed by atoms with van der Waals surface area (Å²) < 4.78 is 16.4. The first-order valence-electron chi connectivity index (χ1n) is 10.4. The normalized spacial score (nSPS) is 18.5. The largest absolute Gasteiger partial charge is 0.494 e. The van der Waals surface area contributed by atoms with Gasteiger partial charge in [0.15, 0.2) is 5.17 Å². The number of hydrogen-bond acceptors (Lipinski definition) is 7. The highest BCUT2D eigenvalue weighted by molar-refractivity contribution is 8.18. The van der Waals surface area contributed by atoms with Crippen LogP contribution in [0, 0.1) is 5.92 Å². The van der Waals surface area contributed by atoms with Gasteiger partial charge in [-0.2, -0.15) is 4.99 Å². The van der Waals surface area contributed by atoms with Crippen molar-refractivity contribution in [3.8, 4) is 11.5 Å². The molecule has 0 unspecified atom stereocenters. The van der Waals surface area contributed by atoms with Crippen molar-refractivity contribution >= 4 is 34.9 Å². The molecule has 0 bridgehead atoms. The zero-order chi connectivity index (χ0) is 21.5. The van der Waals surface area contributed by atoms with E-state index in [1.165, 1.54) is 11.8 Å². The molecule has 1 saturated heterocycles. The summed E-state index contributed by atoms with van der Waals surface area (Å²) >= 11 is 1.37. The van der Waals surface area contributed by atoms with E-state index in [0.29, 0.717) is 61.6 Å². The van der Waals surface area contributed by atoms with Gasteiger partial charge in [-0.1, -0.05) is 0 Å². The molecule has 30 heavy (non-hydrogen) atoms. The monoisotopic (exact) mass is 432 g/mol. The summed E-state index contributed by atoms with van der Waals surface area (Å²) in [6.07, 6.45) is 3.23. The number of esters is 1. The number of ether oxygens (including phenoxy) is 3. The van der Waals surface area contributed by atoms with Crippen LogP contribution >= 0.6 is 11.8 Å². The fourth-order valence-electron chi connectivity index (χ4n) is 3.41. The molecule has 3 rings (SSSR count).